The molecule has 1 atom stereocenters. The van der Waals surface area contributed by atoms with E-state index in [1.165, 1.54) is 18.6 Å². The second kappa shape index (κ2) is 5.17. The lowest BCUT2D eigenvalue weighted by atomic mass is 10.1. The van der Waals surface area contributed by atoms with Gasteiger partial charge in [-0.2, -0.15) is 16.7 Å². The predicted molar refractivity (Wildman–Crippen MR) is 85.5 cm³/mol. The fraction of sp³-hybridized carbons (Fsp3) is 0.538. The summed E-state index contributed by atoms with van der Waals surface area (Å²) in [6, 6.07) is 2.09. The van der Waals surface area contributed by atoms with Crippen molar-refractivity contribution in [3.63, 3.8) is 0 Å². The van der Waals surface area contributed by atoms with Crippen LogP contribution < -0.4 is 10.6 Å². The molecule has 102 valence electrons. The molecule has 0 amide bonds. The number of aromatic nitrogens is 2. The summed E-state index contributed by atoms with van der Waals surface area (Å²) < 4.78 is 0.340. The van der Waals surface area contributed by atoms with E-state index in [1.807, 2.05) is 7.05 Å². The van der Waals surface area contributed by atoms with E-state index in [-0.39, 0.29) is 0 Å². The normalized spacial score (nSPS) is 22.8. The lowest BCUT2D eigenvalue weighted by Gasteiger charge is -2.23. The van der Waals surface area contributed by atoms with Crippen molar-refractivity contribution in [3.8, 4) is 0 Å². The molecule has 0 spiro atoms. The van der Waals surface area contributed by atoms with E-state index in [0.29, 0.717) is 10.7 Å². The molecule has 1 aliphatic heterocycles. The number of thiophene rings is 1. The molecule has 3 heterocycles. The van der Waals surface area contributed by atoms with Gasteiger partial charge in [-0.05, 0) is 37.0 Å². The highest BCUT2D eigenvalue weighted by Gasteiger charge is 2.29. The van der Waals surface area contributed by atoms with Gasteiger partial charge in [0.1, 0.15) is 10.6 Å². The quantitative estimate of drug-likeness (QED) is 0.904. The topological polar surface area (TPSA) is 49.8 Å². The molecule has 19 heavy (non-hydrogen) atoms. The van der Waals surface area contributed by atoms with Gasteiger partial charge >= 0.3 is 0 Å². The molecule has 0 aliphatic carbocycles. The first-order valence-corrected chi connectivity index (χ1v) is 8.37. The Morgan fingerprint density at radius 3 is 3.05 bits per heavy atom. The maximum atomic E-state index is 4.55. The van der Waals surface area contributed by atoms with Gasteiger partial charge in [0.05, 0.1) is 5.39 Å². The summed E-state index contributed by atoms with van der Waals surface area (Å²) in [6.45, 7) is 3.30. The van der Waals surface area contributed by atoms with Crippen LogP contribution in [0.4, 0.5) is 11.8 Å². The lowest BCUT2D eigenvalue weighted by molar-refractivity contribution is 0.634. The Hall–Kier alpha value is -1.01. The number of anilines is 2. The summed E-state index contributed by atoms with van der Waals surface area (Å²) >= 11 is 3.71. The zero-order valence-corrected chi connectivity index (χ0v) is 12.8. The average Bonchev–Trinajstić information content (AvgIpc) is 3.04. The number of fused-ring (bicyclic) bond motifs is 1. The minimum atomic E-state index is 0.340. The molecule has 4 nitrogen and oxygen atoms in total. The number of thioether (sulfide) groups is 1. The van der Waals surface area contributed by atoms with Crippen molar-refractivity contribution >= 4 is 45.1 Å². The van der Waals surface area contributed by atoms with Crippen molar-refractivity contribution < 1.29 is 0 Å². The van der Waals surface area contributed by atoms with Gasteiger partial charge in [-0.1, -0.05) is 0 Å². The number of nitrogens with one attached hydrogen (secondary N) is 2. The maximum Gasteiger partial charge on any atom is 0.225 e. The minimum absolute atomic E-state index is 0.340. The van der Waals surface area contributed by atoms with Gasteiger partial charge < -0.3 is 10.6 Å². The van der Waals surface area contributed by atoms with Crippen molar-refractivity contribution in [1.82, 2.24) is 9.97 Å². The Morgan fingerprint density at radius 1 is 1.42 bits per heavy atom. The van der Waals surface area contributed by atoms with Crippen LogP contribution in [0.5, 0.6) is 0 Å². The van der Waals surface area contributed by atoms with E-state index < -0.39 is 0 Å². The smallest absolute Gasteiger partial charge is 0.225 e. The average molecular weight is 294 g/mol. The first-order valence-electron chi connectivity index (χ1n) is 6.51. The summed E-state index contributed by atoms with van der Waals surface area (Å²) in [5, 5.41) is 9.74. The molecule has 1 fully saturated rings. The molecule has 2 aromatic rings. The van der Waals surface area contributed by atoms with E-state index in [2.05, 4.69) is 50.7 Å². The SMILES string of the molecule is CNc1nc(NCC2(C)CCCS2)c2ccsc2n1. The highest BCUT2D eigenvalue weighted by Crippen LogP contribution is 2.38. The van der Waals surface area contributed by atoms with Gasteiger partial charge in [-0.25, -0.2) is 4.98 Å². The molecule has 6 heteroatoms. The van der Waals surface area contributed by atoms with Crippen LogP contribution in [0.3, 0.4) is 0 Å². The van der Waals surface area contributed by atoms with Crippen molar-refractivity contribution in [2.75, 3.05) is 30.0 Å². The van der Waals surface area contributed by atoms with Crippen LogP contribution in [0.15, 0.2) is 11.4 Å². The minimum Gasteiger partial charge on any atom is -0.368 e. The van der Waals surface area contributed by atoms with Crippen LogP contribution in [-0.2, 0) is 0 Å². The molecule has 2 N–H and O–H groups in total. The van der Waals surface area contributed by atoms with Crippen molar-refractivity contribution in [3.05, 3.63) is 11.4 Å². The van der Waals surface area contributed by atoms with E-state index in [4.69, 9.17) is 0 Å². The maximum absolute atomic E-state index is 4.55. The van der Waals surface area contributed by atoms with E-state index in [1.54, 1.807) is 11.3 Å². The van der Waals surface area contributed by atoms with Gasteiger partial charge in [-0.15, -0.1) is 11.3 Å². The fourth-order valence-corrected chi connectivity index (χ4v) is 4.36. The summed E-state index contributed by atoms with van der Waals surface area (Å²) in [5.41, 5.74) is 0. The second-order valence-corrected chi connectivity index (χ2v) is 7.62. The molecular weight excluding hydrogens is 276 g/mol. The molecule has 0 saturated carbocycles. The Balaban J connectivity index is 1.85. The largest absolute Gasteiger partial charge is 0.368 e. The van der Waals surface area contributed by atoms with Crippen molar-refractivity contribution in [2.24, 2.45) is 0 Å². The van der Waals surface area contributed by atoms with Crippen molar-refractivity contribution in [1.29, 1.82) is 0 Å². The van der Waals surface area contributed by atoms with Crippen LogP contribution in [0.25, 0.3) is 10.2 Å². The van der Waals surface area contributed by atoms with E-state index in [0.717, 1.165) is 22.6 Å². The number of rotatable bonds is 4. The lowest BCUT2D eigenvalue weighted by Crippen LogP contribution is -2.27. The van der Waals surface area contributed by atoms with Gasteiger partial charge in [0, 0.05) is 18.3 Å². The number of nitrogens with zero attached hydrogens (tertiary/aromatic N) is 2. The number of hydrogen-bond donors (Lipinski definition) is 2. The first kappa shape index (κ1) is 13.0. The first-order chi connectivity index (χ1) is 9.20. The number of hydrogen-bond acceptors (Lipinski definition) is 6. The highest BCUT2D eigenvalue weighted by molar-refractivity contribution is 8.00. The van der Waals surface area contributed by atoms with Crippen LogP contribution in [0.1, 0.15) is 19.8 Å². The van der Waals surface area contributed by atoms with Crippen LogP contribution in [-0.4, -0.2) is 34.1 Å². The Morgan fingerprint density at radius 2 is 2.32 bits per heavy atom. The van der Waals surface area contributed by atoms with Gasteiger partial charge in [0.15, 0.2) is 0 Å². The third-order valence-corrected chi connectivity index (χ3v) is 5.82. The molecule has 1 aliphatic rings. The zero-order chi connectivity index (χ0) is 13.3. The van der Waals surface area contributed by atoms with E-state index >= 15 is 0 Å². The standard InChI is InChI=1S/C13H18N4S2/c1-13(5-3-6-19-13)8-15-10-9-4-7-18-11(9)17-12(14-2)16-10/h4,7H,3,5-6,8H2,1-2H3,(H2,14,15,16,17). The molecule has 2 aromatic heterocycles. The van der Waals surface area contributed by atoms with Crippen LogP contribution in [0.2, 0.25) is 0 Å². The molecule has 1 saturated heterocycles. The molecule has 1 unspecified atom stereocenters. The molecular formula is C13H18N4S2. The third kappa shape index (κ3) is 2.65. The monoisotopic (exact) mass is 294 g/mol. The summed E-state index contributed by atoms with van der Waals surface area (Å²) in [4.78, 5) is 10.0. The van der Waals surface area contributed by atoms with Gasteiger partial charge in [0.25, 0.3) is 0 Å². The predicted octanol–water partition coefficient (Wildman–Crippen LogP) is 3.43. The van der Waals surface area contributed by atoms with Crippen LogP contribution in [0, 0.1) is 0 Å². The molecule has 0 radical (unpaired) electrons. The fourth-order valence-electron chi connectivity index (χ4n) is 2.35. The molecule has 3 rings (SSSR count). The highest BCUT2D eigenvalue weighted by atomic mass is 32.2. The third-order valence-electron chi connectivity index (χ3n) is 3.48. The molecule has 0 bridgehead atoms. The molecule has 0 aromatic carbocycles. The Bertz CT molecular complexity index is 575. The second-order valence-electron chi connectivity index (χ2n) is 5.04. The summed E-state index contributed by atoms with van der Waals surface area (Å²) in [6.07, 6.45) is 2.60. The Kier molecular flexibility index (Phi) is 3.54. The van der Waals surface area contributed by atoms with Crippen molar-refractivity contribution in [2.45, 2.75) is 24.5 Å². The van der Waals surface area contributed by atoms with Gasteiger partial charge in [0.2, 0.25) is 5.95 Å². The van der Waals surface area contributed by atoms with Gasteiger partial charge in [-0.3, -0.25) is 0 Å². The Labute approximate surface area is 121 Å². The summed E-state index contributed by atoms with van der Waals surface area (Å²) in [7, 11) is 1.85. The van der Waals surface area contributed by atoms with Crippen LogP contribution >= 0.6 is 23.1 Å². The summed E-state index contributed by atoms with van der Waals surface area (Å²) in [5.74, 6) is 2.91. The van der Waals surface area contributed by atoms with E-state index in [9.17, 15) is 0 Å². The zero-order valence-electron chi connectivity index (χ0n) is 11.2.